The van der Waals surface area contributed by atoms with Crippen LogP contribution in [-0.2, 0) is 6.42 Å². The van der Waals surface area contributed by atoms with E-state index in [0.29, 0.717) is 24.9 Å². The Balaban J connectivity index is 1.64. The largest absolute Gasteiger partial charge is 0.330 e. The molecule has 2 aliphatic heterocycles. The van der Waals surface area contributed by atoms with Gasteiger partial charge < -0.3 is 4.90 Å². The average molecular weight is 348 g/mol. The summed E-state index contributed by atoms with van der Waals surface area (Å²) in [5.74, 6) is -0.368. The summed E-state index contributed by atoms with van der Waals surface area (Å²) in [6.45, 7) is 0.607. The summed E-state index contributed by atoms with van der Waals surface area (Å²) in [5.41, 5.74) is 3.56. The molecule has 26 heavy (non-hydrogen) atoms. The number of amides is 1. The van der Waals surface area contributed by atoms with Gasteiger partial charge in [-0.15, -0.1) is 0 Å². The first kappa shape index (κ1) is 15.3. The molecule has 1 unspecified atom stereocenters. The predicted molar refractivity (Wildman–Crippen MR) is 95.7 cm³/mol. The van der Waals surface area contributed by atoms with E-state index in [1.807, 2.05) is 27.7 Å². The second kappa shape index (κ2) is 5.53. The van der Waals surface area contributed by atoms with E-state index in [2.05, 4.69) is 6.07 Å². The number of halogens is 1. The van der Waals surface area contributed by atoms with Crippen LogP contribution in [0.4, 0.5) is 4.39 Å². The van der Waals surface area contributed by atoms with Crippen LogP contribution >= 0.6 is 0 Å². The van der Waals surface area contributed by atoms with Crippen LogP contribution in [0.2, 0.25) is 0 Å². The molecule has 1 aromatic heterocycles. The van der Waals surface area contributed by atoms with Crippen LogP contribution in [0.5, 0.6) is 0 Å². The number of aromatic nitrogens is 1. The molecule has 130 valence electrons. The highest BCUT2D eigenvalue weighted by Crippen LogP contribution is 2.42. The van der Waals surface area contributed by atoms with E-state index in [-0.39, 0.29) is 23.7 Å². The molecule has 2 aromatic carbocycles. The van der Waals surface area contributed by atoms with Gasteiger partial charge in [-0.25, -0.2) is 4.39 Å². The molecule has 1 atom stereocenters. The Kier molecular flexibility index (Phi) is 3.26. The molecule has 3 heterocycles. The fourth-order valence-corrected chi connectivity index (χ4v) is 4.41. The molecular weight excluding hydrogens is 331 g/mol. The molecule has 0 spiro atoms. The van der Waals surface area contributed by atoms with Crippen LogP contribution in [0.3, 0.4) is 0 Å². The molecule has 5 rings (SSSR count). The van der Waals surface area contributed by atoms with E-state index >= 15 is 0 Å². The van der Waals surface area contributed by atoms with Crippen LogP contribution in [0.25, 0.3) is 10.9 Å². The third-order valence-electron chi connectivity index (χ3n) is 5.55. The maximum atomic E-state index is 13.2. The summed E-state index contributed by atoms with van der Waals surface area (Å²) in [6, 6.07) is 13.5. The van der Waals surface area contributed by atoms with Crippen molar-refractivity contribution in [2.24, 2.45) is 0 Å². The van der Waals surface area contributed by atoms with Crippen LogP contribution < -0.4 is 0 Å². The van der Waals surface area contributed by atoms with E-state index in [9.17, 15) is 14.0 Å². The number of hydrogen-bond acceptors (Lipinski definition) is 2. The van der Waals surface area contributed by atoms with Crippen molar-refractivity contribution >= 4 is 22.7 Å². The molecule has 0 radical (unpaired) electrons. The monoisotopic (exact) mass is 348 g/mol. The fourth-order valence-electron chi connectivity index (χ4n) is 4.41. The second-order valence-electron chi connectivity index (χ2n) is 6.92. The smallest absolute Gasteiger partial charge is 0.254 e. The Morgan fingerprint density at radius 1 is 1.04 bits per heavy atom. The zero-order chi connectivity index (χ0) is 17.8. The molecule has 2 aliphatic rings. The molecule has 0 fully saturated rings. The quantitative estimate of drug-likeness (QED) is 0.668. The van der Waals surface area contributed by atoms with Gasteiger partial charge in [0.25, 0.3) is 5.91 Å². The Morgan fingerprint density at radius 2 is 1.81 bits per heavy atom. The topological polar surface area (TPSA) is 42.3 Å². The number of nitrogens with zero attached hydrogens (tertiary/aromatic N) is 2. The molecule has 3 aromatic rings. The SMILES string of the molecule is O=C(c1ccc(F)cc1)N1CCc2c3n(c4ccccc24)C(=O)CCC31. The first-order valence-electron chi connectivity index (χ1n) is 8.87. The summed E-state index contributed by atoms with van der Waals surface area (Å²) in [4.78, 5) is 27.5. The van der Waals surface area contributed by atoms with Gasteiger partial charge in [-0.05, 0) is 48.7 Å². The van der Waals surface area contributed by atoms with E-state index in [1.165, 1.54) is 29.8 Å². The van der Waals surface area contributed by atoms with Crippen LogP contribution in [0, 0.1) is 5.82 Å². The van der Waals surface area contributed by atoms with Crippen LogP contribution in [0.15, 0.2) is 48.5 Å². The second-order valence-corrected chi connectivity index (χ2v) is 6.92. The van der Waals surface area contributed by atoms with E-state index < -0.39 is 0 Å². The zero-order valence-corrected chi connectivity index (χ0v) is 14.1. The van der Waals surface area contributed by atoms with E-state index in [0.717, 1.165) is 23.0 Å². The van der Waals surface area contributed by atoms with Crippen molar-refractivity contribution in [1.82, 2.24) is 9.47 Å². The minimum absolute atomic E-state index is 0.0924. The molecule has 0 aliphatic carbocycles. The third kappa shape index (κ3) is 2.06. The molecule has 0 bridgehead atoms. The van der Waals surface area contributed by atoms with Gasteiger partial charge >= 0.3 is 0 Å². The van der Waals surface area contributed by atoms with Gasteiger partial charge in [-0.3, -0.25) is 14.2 Å². The number of fused-ring (bicyclic) bond motifs is 3. The highest BCUT2D eigenvalue weighted by molar-refractivity contribution is 5.99. The van der Waals surface area contributed by atoms with Crippen molar-refractivity contribution in [2.45, 2.75) is 25.3 Å². The highest BCUT2D eigenvalue weighted by atomic mass is 19.1. The van der Waals surface area contributed by atoms with Gasteiger partial charge in [-0.1, -0.05) is 18.2 Å². The maximum Gasteiger partial charge on any atom is 0.254 e. The fraction of sp³-hybridized carbons (Fsp3) is 0.238. The van der Waals surface area contributed by atoms with E-state index in [1.54, 1.807) is 0 Å². The highest BCUT2D eigenvalue weighted by Gasteiger charge is 2.39. The van der Waals surface area contributed by atoms with Crippen molar-refractivity contribution in [3.05, 3.63) is 71.2 Å². The van der Waals surface area contributed by atoms with Crippen LogP contribution in [-0.4, -0.2) is 27.8 Å². The summed E-state index contributed by atoms with van der Waals surface area (Å²) < 4.78 is 15.0. The van der Waals surface area contributed by atoms with Gasteiger partial charge in [0.1, 0.15) is 5.82 Å². The Hall–Kier alpha value is -2.95. The number of carbonyl (C=O) groups excluding carboxylic acids is 2. The number of hydrogen-bond donors (Lipinski definition) is 0. The van der Waals surface area contributed by atoms with Crippen molar-refractivity contribution in [3.63, 3.8) is 0 Å². The molecule has 0 N–H and O–H groups in total. The number of carbonyl (C=O) groups is 2. The van der Waals surface area contributed by atoms with Gasteiger partial charge in [0.2, 0.25) is 5.91 Å². The lowest BCUT2D eigenvalue weighted by molar-refractivity contribution is 0.0593. The van der Waals surface area contributed by atoms with Crippen LogP contribution in [0.1, 0.15) is 45.3 Å². The van der Waals surface area contributed by atoms with Crippen molar-refractivity contribution < 1.29 is 14.0 Å². The molecule has 0 saturated heterocycles. The molecule has 1 amide bonds. The average Bonchev–Trinajstić information content (AvgIpc) is 3.01. The number of benzene rings is 2. The lowest BCUT2D eigenvalue weighted by Crippen LogP contribution is -2.43. The summed E-state index contributed by atoms with van der Waals surface area (Å²) in [5, 5.41) is 1.11. The van der Waals surface area contributed by atoms with Gasteiger partial charge in [-0.2, -0.15) is 0 Å². The minimum Gasteiger partial charge on any atom is -0.330 e. The van der Waals surface area contributed by atoms with Gasteiger partial charge in [0.15, 0.2) is 0 Å². The summed E-state index contributed by atoms with van der Waals surface area (Å²) >= 11 is 0. The van der Waals surface area contributed by atoms with Gasteiger partial charge in [0, 0.05) is 23.9 Å². The molecule has 5 heteroatoms. The van der Waals surface area contributed by atoms with Crippen molar-refractivity contribution in [3.8, 4) is 0 Å². The first-order valence-corrected chi connectivity index (χ1v) is 8.87. The standard InChI is InChI=1S/C21H17FN2O2/c22-14-7-5-13(6-8-14)21(26)23-12-11-16-15-3-1-2-4-17(15)24-19(25)10-9-18(23)20(16)24/h1-8,18H,9-12H2. The number of rotatable bonds is 1. The van der Waals surface area contributed by atoms with E-state index in [4.69, 9.17) is 0 Å². The van der Waals surface area contributed by atoms with Crippen molar-refractivity contribution in [2.75, 3.05) is 6.54 Å². The van der Waals surface area contributed by atoms with Gasteiger partial charge in [0.05, 0.1) is 17.3 Å². The molecule has 0 saturated carbocycles. The minimum atomic E-state index is -0.356. The number of para-hydroxylation sites is 1. The Morgan fingerprint density at radius 3 is 2.62 bits per heavy atom. The molecule has 4 nitrogen and oxygen atoms in total. The lowest BCUT2D eigenvalue weighted by Gasteiger charge is -2.39. The van der Waals surface area contributed by atoms with Crippen molar-refractivity contribution in [1.29, 1.82) is 0 Å². The predicted octanol–water partition coefficient (Wildman–Crippen LogP) is 3.95. The maximum absolute atomic E-state index is 13.2. The summed E-state index contributed by atoms with van der Waals surface area (Å²) in [6.07, 6.45) is 1.78. The Labute approximate surface area is 149 Å². The lowest BCUT2D eigenvalue weighted by atomic mass is 9.91. The first-order chi connectivity index (χ1) is 12.6. The third-order valence-corrected chi connectivity index (χ3v) is 5.55. The molecular formula is C21H17FN2O2. The normalized spacial score (nSPS) is 18.9. The Bertz CT molecular complexity index is 1050. The summed E-state index contributed by atoms with van der Waals surface area (Å²) in [7, 11) is 0. The zero-order valence-electron chi connectivity index (χ0n) is 14.1.